The molecule has 3 aliphatic heterocycles. The van der Waals surface area contributed by atoms with E-state index in [1.54, 1.807) is 6.08 Å². The third-order valence-electron chi connectivity index (χ3n) is 5.83. The Bertz CT molecular complexity index is 685. The number of piperazine rings is 1. The Morgan fingerprint density at radius 3 is 2.78 bits per heavy atom. The van der Waals surface area contributed by atoms with E-state index >= 15 is 0 Å². The zero-order chi connectivity index (χ0) is 18.6. The lowest BCUT2D eigenvalue weighted by atomic mass is 10.0. The Labute approximate surface area is 161 Å². The van der Waals surface area contributed by atoms with Gasteiger partial charge in [-0.3, -0.25) is 14.6 Å². The average Bonchev–Trinajstić information content (AvgIpc) is 3.17. The first-order valence-corrected chi connectivity index (χ1v) is 9.96. The smallest absolute Gasteiger partial charge is 0.231 e. The molecule has 27 heavy (non-hydrogen) atoms. The largest absolute Gasteiger partial charge is 0.454 e. The van der Waals surface area contributed by atoms with E-state index < -0.39 is 0 Å². The fraction of sp³-hybridized carbons (Fsp3) is 0.571. The molecule has 0 spiro atoms. The third-order valence-corrected chi connectivity index (χ3v) is 5.83. The third kappa shape index (κ3) is 4.28. The molecule has 6 heteroatoms. The summed E-state index contributed by atoms with van der Waals surface area (Å²) in [6.45, 7) is 11.0. The van der Waals surface area contributed by atoms with Gasteiger partial charge < -0.3 is 14.4 Å². The molecule has 0 N–H and O–H groups in total. The normalized spacial score (nSPS) is 23.4. The summed E-state index contributed by atoms with van der Waals surface area (Å²) in [5.41, 5.74) is 1.27. The van der Waals surface area contributed by atoms with Gasteiger partial charge in [-0.05, 0) is 30.5 Å². The molecule has 2 saturated heterocycles. The van der Waals surface area contributed by atoms with Crippen molar-refractivity contribution in [1.82, 2.24) is 14.7 Å². The van der Waals surface area contributed by atoms with Crippen LogP contribution in [0.1, 0.15) is 24.8 Å². The summed E-state index contributed by atoms with van der Waals surface area (Å²) in [6, 6.07) is 6.73. The van der Waals surface area contributed by atoms with Gasteiger partial charge in [-0.2, -0.15) is 0 Å². The summed E-state index contributed by atoms with van der Waals surface area (Å²) >= 11 is 0. The number of hydrogen-bond acceptors (Lipinski definition) is 5. The Kier molecular flexibility index (Phi) is 5.64. The number of likely N-dealkylation sites (tertiary alicyclic amines) is 1. The molecule has 0 radical (unpaired) electrons. The van der Waals surface area contributed by atoms with Gasteiger partial charge in [0.2, 0.25) is 12.7 Å². The van der Waals surface area contributed by atoms with Crippen LogP contribution < -0.4 is 9.47 Å². The van der Waals surface area contributed by atoms with Crippen LogP contribution in [0.5, 0.6) is 11.5 Å². The van der Waals surface area contributed by atoms with E-state index in [0.717, 1.165) is 63.7 Å². The lowest BCUT2D eigenvalue weighted by molar-refractivity contribution is -0.132. The molecule has 0 saturated carbocycles. The minimum absolute atomic E-state index is 0.219. The number of carbonyl (C=O) groups excluding carboxylic acids is 1. The molecule has 1 aromatic carbocycles. The highest BCUT2D eigenvalue weighted by molar-refractivity contribution is 5.77. The highest BCUT2D eigenvalue weighted by atomic mass is 16.7. The van der Waals surface area contributed by atoms with E-state index in [1.165, 1.54) is 12.0 Å². The van der Waals surface area contributed by atoms with Gasteiger partial charge in [-0.15, -0.1) is 6.58 Å². The van der Waals surface area contributed by atoms with Crippen molar-refractivity contribution in [2.24, 2.45) is 0 Å². The maximum absolute atomic E-state index is 12.2. The molecule has 4 rings (SSSR count). The van der Waals surface area contributed by atoms with Gasteiger partial charge in [-0.1, -0.05) is 12.1 Å². The zero-order valence-electron chi connectivity index (χ0n) is 15.9. The van der Waals surface area contributed by atoms with Crippen LogP contribution in [0.3, 0.4) is 0 Å². The minimum Gasteiger partial charge on any atom is -0.454 e. The number of fused-ring (bicyclic) bond motifs is 1. The lowest BCUT2D eigenvalue weighted by Crippen LogP contribution is -2.55. The first-order valence-electron chi connectivity index (χ1n) is 9.96. The number of benzene rings is 1. The van der Waals surface area contributed by atoms with Crippen molar-refractivity contribution in [2.75, 3.05) is 46.1 Å². The molecule has 1 atom stereocenters. The summed E-state index contributed by atoms with van der Waals surface area (Å²) in [6.07, 6.45) is 4.46. The van der Waals surface area contributed by atoms with E-state index in [4.69, 9.17) is 9.47 Å². The first kappa shape index (κ1) is 18.3. The zero-order valence-corrected chi connectivity index (χ0v) is 15.9. The molecule has 2 fully saturated rings. The van der Waals surface area contributed by atoms with Crippen molar-refractivity contribution < 1.29 is 14.3 Å². The molecule has 1 amide bonds. The summed E-state index contributed by atoms with van der Waals surface area (Å²) in [5, 5.41) is 0. The van der Waals surface area contributed by atoms with Crippen molar-refractivity contribution in [3.8, 4) is 11.5 Å². The SMILES string of the molecule is C=CCC(=O)N1CCCC(N2CCN(Cc3ccc4c(c3)OCO4)CC2)C1. The summed E-state index contributed by atoms with van der Waals surface area (Å²) in [5.74, 6) is 1.92. The number of rotatable bonds is 5. The Morgan fingerprint density at radius 1 is 1.15 bits per heavy atom. The maximum atomic E-state index is 12.2. The molecule has 1 aromatic rings. The van der Waals surface area contributed by atoms with Gasteiger partial charge in [0.1, 0.15) is 0 Å². The van der Waals surface area contributed by atoms with Crippen LogP contribution in [0.25, 0.3) is 0 Å². The van der Waals surface area contributed by atoms with Crippen LogP contribution in [-0.4, -0.2) is 72.7 Å². The van der Waals surface area contributed by atoms with Gasteiger partial charge >= 0.3 is 0 Å². The van der Waals surface area contributed by atoms with Crippen LogP contribution in [0, 0.1) is 0 Å². The Hall–Kier alpha value is -2.05. The standard InChI is InChI=1S/C21H29N3O3/c1-2-4-21(25)24-8-3-5-18(15-24)23-11-9-22(10-12-23)14-17-6-7-19-20(13-17)27-16-26-19/h2,6-7,13,18H,1,3-5,8-12,14-16H2. The Balaban J connectivity index is 1.27. The minimum atomic E-state index is 0.219. The van der Waals surface area contributed by atoms with Gasteiger partial charge in [0, 0.05) is 58.3 Å². The number of nitrogens with zero attached hydrogens (tertiary/aromatic N) is 3. The summed E-state index contributed by atoms with van der Waals surface area (Å²) in [4.78, 5) is 19.3. The van der Waals surface area contributed by atoms with Crippen LogP contribution in [0.4, 0.5) is 0 Å². The van der Waals surface area contributed by atoms with E-state index in [1.807, 2.05) is 11.0 Å². The molecule has 146 valence electrons. The Morgan fingerprint density at radius 2 is 1.96 bits per heavy atom. The molecule has 0 aliphatic carbocycles. The molecule has 3 heterocycles. The lowest BCUT2D eigenvalue weighted by Gasteiger charge is -2.43. The van der Waals surface area contributed by atoms with Gasteiger partial charge in [0.25, 0.3) is 0 Å². The average molecular weight is 371 g/mol. The molecular weight excluding hydrogens is 342 g/mol. The molecule has 0 bridgehead atoms. The van der Waals surface area contributed by atoms with Crippen LogP contribution in [0.2, 0.25) is 0 Å². The monoisotopic (exact) mass is 371 g/mol. The maximum Gasteiger partial charge on any atom is 0.231 e. The number of piperidine rings is 1. The second kappa shape index (κ2) is 8.31. The van der Waals surface area contributed by atoms with Crippen LogP contribution >= 0.6 is 0 Å². The highest BCUT2D eigenvalue weighted by Crippen LogP contribution is 2.33. The van der Waals surface area contributed by atoms with Crippen LogP contribution in [-0.2, 0) is 11.3 Å². The fourth-order valence-corrected chi connectivity index (χ4v) is 4.32. The topological polar surface area (TPSA) is 45.3 Å². The molecule has 3 aliphatic rings. The molecule has 1 unspecified atom stereocenters. The van der Waals surface area contributed by atoms with Gasteiger partial charge in [0.05, 0.1) is 0 Å². The van der Waals surface area contributed by atoms with Crippen molar-refractivity contribution >= 4 is 5.91 Å². The summed E-state index contributed by atoms with van der Waals surface area (Å²) in [7, 11) is 0. The highest BCUT2D eigenvalue weighted by Gasteiger charge is 2.29. The summed E-state index contributed by atoms with van der Waals surface area (Å²) < 4.78 is 10.9. The predicted octanol–water partition coefficient (Wildman–Crippen LogP) is 2.10. The van der Waals surface area contributed by atoms with Gasteiger partial charge in [0.15, 0.2) is 11.5 Å². The van der Waals surface area contributed by atoms with Crippen molar-refractivity contribution in [3.05, 3.63) is 36.4 Å². The molecule has 6 nitrogen and oxygen atoms in total. The second-order valence-corrected chi connectivity index (χ2v) is 7.63. The number of amides is 1. The van der Waals surface area contributed by atoms with E-state index in [2.05, 4.69) is 28.5 Å². The van der Waals surface area contributed by atoms with Crippen LogP contribution in [0.15, 0.2) is 30.9 Å². The molecular formula is C21H29N3O3. The number of carbonyl (C=O) groups is 1. The predicted molar refractivity (Wildman–Crippen MR) is 104 cm³/mol. The number of hydrogen-bond donors (Lipinski definition) is 0. The fourth-order valence-electron chi connectivity index (χ4n) is 4.32. The van der Waals surface area contributed by atoms with E-state index in [-0.39, 0.29) is 5.91 Å². The quantitative estimate of drug-likeness (QED) is 0.742. The first-order chi connectivity index (χ1) is 13.2. The van der Waals surface area contributed by atoms with Crippen molar-refractivity contribution in [1.29, 1.82) is 0 Å². The number of ether oxygens (including phenoxy) is 2. The second-order valence-electron chi connectivity index (χ2n) is 7.63. The van der Waals surface area contributed by atoms with Gasteiger partial charge in [-0.25, -0.2) is 0 Å². The molecule has 0 aromatic heterocycles. The van der Waals surface area contributed by atoms with Crippen molar-refractivity contribution in [3.63, 3.8) is 0 Å². The van der Waals surface area contributed by atoms with E-state index in [9.17, 15) is 4.79 Å². The van der Waals surface area contributed by atoms with Crippen molar-refractivity contribution in [2.45, 2.75) is 31.8 Å². The van der Waals surface area contributed by atoms with E-state index in [0.29, 0.717) is 19.3 Å².